The standard InChI is InChI=1S/C17H23N3O2/c1-2-8-20-11-15(14-6-9-22-16(14)12-20)17(21)19-10-13-5-3-4-7-18-13/h2-5,7,14-16H,1,6,8-12H2,(H,19,21)/t14-,15-,16+/m0/s1. The highest BCUT2D eigenvalue weighted by molar-refractivity contribution is 5.79. The minimum atomic E-state index is -0.00934. The molecular formula is C17H23N3O2. The third-order valence-corrected chi connectivity index (χ3v) is 4.56. The van der Waals surface area contributed by atoms with E-state index in [9.17, 15) is 4.79 Å². The van der Waals surface area contributed by atoms with Crippen molar-refractivity contribution in [3.8, 4) is 0 Å². The summed E-state index contributed by atoms with van der Waals surface area (Å²) in [5, 5.41) is 3.03. The lowest BCUT2D eigenvalue weighted by Crippen LogP contribution is -2.52. The molecule has 0 aliphatic carbocycles. The fraction of sp³-hybridized carbons (Fsp3) is 0.529. The Labute approximate surface area is 131 Å². The van der Waals surface area contributed by atoms with E-state index in [1.54, 1.807) is 6.20 Å². The molecule has 0 spiro atoms. The molecule has 0 unspecified atom stereocenters. The first-order valence-corrected chi connectivity index (χ1v) is 7.90. The van der Waals surface area contributed by atoms with Crippen LogP contribution in [-0.2, 0) is 16.1 Å². The fourth-order valence-electron chi connectivity index (χ4n) is 3.48. The summed E-state index contributed by atoms with van der Waals surface area (Å²) in [6, 6.07) is 5.73. The van der Waals surface area contributed by atoms with Gasteiger partial charge >= 0.3 is 0 Å². The third kappa shape index (κ3) is 3.36. The Hall–Kier alpha value is -1.72. The van der Waals surface area contributed by atoms with Gasteiger partial charge in [-0.2, -0.15) is 0 Å². The van der Waals surface area contributed by atoms with Gasteiger partial charge < -0.3 is 10.1 Å². The zero-order valence-corrected chi connectivity index (χ0v) is 12.8. The number of carbonyl (C=O) groups excluding carboxylic acids is 1. The lowest BCUT2D eigenvalue weighted by Gasteiger charge is -2.38. The van der Waals surface area contributed by atoms with E-state index in [2.05, 4.69) is 21.8 Å². The molecule has 118 valence electrons. The zero-order valence-electron chi connectivity index (χ0n) is 12.8. The van der Waals surface area contributed by atoms with Crippen molar-refractivity contribution in [2.45, 2.75) is 19.1 Å². The van der Waals surface area contributed by atoms with E-state index >= 15 is 0 Å². The first kappa shape index (κ1) is 15.2. The number of aromatic nitrogens is 1. The summed E-state index contributed by atoms with van der Waals surface area (Å²) in [7, 11) is 0. The second kappa shape index (κ2) is 7.03. The molecule has 5 heteroatoms. The summed E-state index contributed by atoms with van der Waals surface area (Å²) in [6.07, 6.45) is 4.79. The van der Waals surface area contributed by atoms with Crippen LogP contribution in [0.25, 0.3) is 0 Å². The van der Waals surface area contributed by atoms with Crippen LogP contribution in [-0.4, -0.2) is 48.1 Å². The molecule has 2 aliphatic heterocycles. The summed E-state index contributed by atoms with van der Waals surface area (Å²) in [4.78, 5) is 19.1. The molecule has 3 heterocycles. The highest BCUT2D eigenvalue weighted by atomic mass is 16.5. The molecular weight excluding hydrogens is 278 g/mol. The number of piperidine rings is 1. The van der Waals surface area contributed by atoms with Gasteiger partial charge in [-0.05, 0) is 18.6 Å². The van der Waals surface area contributed by atoms with Crippen molar-refractivity contribution in [1.82, 2.24) is 15.2 Å². The van der Waals surface area contributed by atoms with Gasteiger partial charge in [-0.25, -0.2) is 0 Å². The number of pyridine rings is 1. The Morgan fingerprint density at radius 2 is 2.41 bits per heavy atom. The van der Waals surface area contributed by atoms with Crippen LogP contribution in [0.5, 0.6) is 0 Å². The Bertz CT molecular complexity index is 520. The molecule has 2 fully saturated rings. The highest BCUT2D eigenvalue weighted by Crippen LogP contribution is 2.33. The normalized spacial score (nSPS) is 28.1. The molecule has 1 aromatic heterocycles. The number of carbonyl (C=O) groups is 1. The summed E-state index contributed by atoms with van der Waals surface area (Å²) in [5.74, 6) is 0.439. The van der Waals surface area contributed by atoms with Crippen molar-refractivity contribution < 1.29 is 9.53 Å². The number of ether oxygens (including phenoxy) is 1. The topological polar surface area (TPSA) is 54.5 Å². The first-order valence-electron chi connectivity index (χ1n) is 7.90. The number of hydrogen-bond donors (Lipinski definition) is 1. The first-order chi connectivity index (χ1) is 10.8. The van der Waals surface area contributed by atoms with E-state index in [4.69, 9.17) is 4.74 Å². The maximum absolute atomic E-state index is 12.6. The molecule has 0 aromatic carbocycles. The molecule has 0 saturated carbocycles. The Kier molecular flexibility index (Phi) is 4.85. The maximum atomic E-state index is 12.6. The molecule has 2 saturated heterocycles. The molecule has 3 atom stereocenters. The van der Waals surface area contributed by atoms with Gasteiger partial charge in [0, 0.05) is 38.4 Å². The number of nitrogens with zero attached hydrogens (tertiary/aromatic N) is 2. The van der Waals surface area contributed by atoms with E-state index in [-0.39, 0.29) is 17.9 Å². The number of amides is 1. The van der Waals surface area contributed by atoms with Crippen LogP contribution in [0.2, 0.25) is 0 Å². The maximum Gasteiger partial charge on any atom is 0.225 e. The van der Waals surface area contributed by atoms with E-state index < -0.39 is 0 Å². The average Bonchev–Trinajstić information content (AvgIpc) is 3.01. The second-order valence-corrected chi connectivity index (χ2v) is 6.01. The predicted molar refractivity (Wildman–Crippen MR) is 84.1 cm³/mol. The van der Waals surface area contributed by atoms with Crippen molar-refractivity contribution in [1.29, 1.82) is 0 Å². The lowest BCUT2D eigenvalue weighted by molar-refractivity contribution is -0.131. The largest absolute Gasteiger partial charge is 0.377 e. The van der Waals surface area contributed by atoms with E-state index in [0.29, 0.717) is 12.5 Å². The second-order valence-electron chi connectivity index (χ2n) is 6.01. The van der Waals surface area contributed by atoms with Gasteiger partial charge in [-0.3, -0.25) is 14.7 Å². The van der Waals surface area contributed by atoms with Crippen molar-refractivity contribution >= 4 is 5.91 Å². The molecule has 1 aromatic rings. The van der Waals surface area contributed by atoms with Crippen LogP contribution in [0.15, 0.2) is 37.1 Å². The summed E-state index contributed by atoms with van der Waals surface area (Å²) in [6.45, 7) is 7.53. The van der Waals surface area contributed by atoms with Gasteiger partial charge in [0.1, 0.15) is 0 Å². The van der Waals surface area contributed by atoms with Crippen LogP contribution in [0.3, 0.4) is 0 Å². The van der Waals surface area contributed by atoms with Gasteiger partial charge in [-0.15, -0.1) is 6.58 Å². The van der Waals surface area contributed by atoms with E-state index in [1.807, 2.05) is 24.3 Å². The number of fused-ring (bicyclic) bond motifs is 1. The SMILES string of the molecule is C=CCN1C[C@H](C(=O)NCc2ccccn2)[C@@H]2CCO[C@@H]2C1. The van der Waals surface area contributed by atoms with Crippen LogP contribution in [0.1, 0.15) is 12.1 Å². The van der Waals surface area contributed by atoms with Gasteiger partial charge in [-0.1, -0.05) is 12.1 Å². The van der Waals surface area contributed by atoms with Gasteiger partial charge in [0.2, 0.25) is 5.91 Å². The minimum Gasteiger partial charge on any atom is -0.377 e. The average molecular weight is 301 g/mol. The Morgan fingerprint density at radius 1 is 1.50 bits per heavy atom. The van der Waals surface area contributed by atoms with Crippen LogP contribution in [0.4, 0.5) is 0 Å². The summed E-state index contributed by atoms with van der Waals surface area (Å²) >= 11 is 0. The summed E-state index contributed by atoms with van der Waals surface area (Å²) < 4.78 is 5.81. The van der Waals surface area contributed by atoms with Crippen molar-refractivity contribution in [2.75, 3.05) is 26.2 Å². The predicted octanol–water partition coefficient (Wildman–Crippen LogP) is 1.22. The van der Waals surface area contributed by atoms with Crippen molar-refractivity contribution in [3.05, 3.63) is 42.7 Å². The molecule has 2 aliphatic rings. The van der Waals surface area contributed by atoms with Gasteiger partial charge in [0.25, 0.3) is 0 Å². The fourth-order valence-corrected chi connectivity index (χ4v) is 3.48. The molecule has 0 radical (unpaired) electrons. The number of rotatable bonds is 5. The quantitative estimate of drug-likeness (QED) is 0.831. The van der Waals surface area contributed by atoms with Gasteiger partial charge in [0.05, 0.1) is 24.3 Å². The number of hydrogen-bond acceptors (Lipinski definition) is 4. The molecule has 5 nitrogen and oxygen atoms in total. The molecule has 22 heavy (non-hydrogen) atoms. The van der Waals surface area contributed by atoms with Crippen LogP contribution in [0, 0.1) is 11.8 Å². The Morgan fingerprint density at radius 3 is 3.18 bits per heavy atom. The molecule has 3 rings (SSSR count). The smallest absolute Gasteiger partial charge is 0.225 e. The van der Waals surface area contributed by atoms with Crippen LogP contribution < -0.4 is 5.32 Å². The number of likely N-dealkylation sites (tertiary alicyclic amines) is 1. The number of nitrogens with one attached hydrogen (secondary N) is 1. The third-order valence-electron chi connectivity index (χ3n) is 4.56. The van der Waals surface area contributed by atoms with Crippen LogP contribution >= 0.6 is 0 Å². The molecule has 0 bridgehead atoms. The van der Waals surface area contributed by atoms with E-state index in [0.717, 1.165) is 38.4 Å². The van der Waals surface area contributed by atoms with Crippen molar-refractivity contribution in [3.63, 3.8) is 0 Å². The molecule has 1 amide bonds. The Balaban J connectivity index is 1.62. The van der Waals surface area contributed by atoms with Gasteiger partial charge in [0.15, 0.2) is 0 Å². The zero-order chi connectivity index (χ0) is 15.4. The highest BCUT2D eigenvalue weighted by Gasteiger charge is 2.43. The monoisotopic (exact) mass is 301 g/mol. The van der Waals surface area contributed by atoms with Crippen molar-refractivity contribution in [2.24, 2.45) is 11.8 Å². The lowest BCUT2D eigenvalue weighted by atomic mass is 9.82. The molecule has 1 N–H and O–H groups in total. The van der Waals surface area contributed by atoms with E-state index in [1.165, 1.54) is 0 Å². The summed E-state index contributed by atoms with van der Waals surface area (Å²) in [5.41, 5.74) is 0.883. The minimum absolute atomic E-state index is 0.00934.